The van der Waals surface area contributed by atoms with E-state index in [-0.39, 0.29) is 0 Å². The van der Waals surface area contributed by atoms with E-state index < -0.39 is 0 Å². The molecular formula is C13H10N3O. The standard InChI is InChI=1S/C13H10N3O/c14-12-8-4-5-10(9-17)13(12)16-15-11-6-2-1-3-7-11/h1-8H,14H2. The van der Waals surface area contributed by atoms with E-state index in [1.165, 1.54) is 0 Å². The summed E-state index contributed by atoms with van der Waals surface area (Å²) < 4.78 is 0. The van der Waals surface area contributed by atoms with Gasteiger partial charge in [-0.25, -0.2) is 0 Å². The van der Waals surface area contributed by atoms with Crippen LogP contribution in [0.2, 0.25) is 0 Å². The minimum atomic E-state index is 0.310. The van der Waals surface area contributed by atoms with Gasteiger partial charge >= 0.3 is 0 Å². The maximum atomic E-state index is 10.7. The Morgan fingerprint density at radius 1 is 0.941 bits per heavy atom. The van der Waals surface area contributed by atoms with Gasteiger partial charge in [0.05, 0.1) is 16.9 Å². The Bertz CT molecular complexity index is 550. The largest absolute Gasteiger partial charge is 0.397 e. The van der Waals surface area contributed by atoms with Gasteiger partial charge in [-0.05, 0) is 24.3 Å². The first-order valence-corrected chi connectivity index (χ1v) is 5.04. The van der Waals surface area contributed by atoms with E-state index in [9.17, 15) is 4.79 Å². The van der Waals surface area contributed by atoms with E-state index in [1.54, 1.807) is 24.5 Å². The van der Waals surface area contributed by atoms with Crippen molar-refractivity contribution in [1.29, 1.82) is 0 Å². The molecule has 0 aliphatic heterocycles. The monoisotopic (exact) mass is 224 g/mol. The van der Waals surface area contributed by atoms with Crippen molar-refractivity contribution in [2.45, 2.75) is 0 Å². The summed E-state index contributed by atoms with van der Waals surface area (Å²) in [7, 11) is 0. The van der Waals surface area contributed by atoms with Crippen LogP contribution >= 0.6 is 0 Å². The summed E-state index contributed by atoms with van der Waals surface area (Å²) in [5, 5.41) is 8.00. The summed E-state index contributed by atoms with van der Waals surface area (Å²) in [5.74, 6) is 0. The van der Waals surface area contributed by atoms with Crippen LogP contribution in [-0.4, -0.2) is 6.29 Å². The highest BCUT2D eigenvalue weighted by Gasteiger charge is 2.04. The van der Waals surface area contributed by atoms with Gasteiger partial charge in [0.25, 0.3) is 0 Å². The zero-order valence-corrected chi connectivity index (χ0v) is 9.00. The minimum Gasteiger partial charge on any atom is -0.397 e. The lowest BCUT2D eigenvalue weighted by Crippen LogP contribution is -1.89. The van der Waals surface area contributed by atoms with Gasteiger partial charge < -0.3 is 5.73 Å². The predicted molar refractivity (Wildman–Crippen MR) is 66.3 cm³/mol. The number of nitrogens with two attached hydrogens (primary N) is 1. The summed E-state index contributed by atoms with van der Waals surface area (Å²) in [6.07, 6.45) is 1.79. The van der Waals surface area contributed by atoms with Gasteiger partial charge in [0, 0.05) is 0 Å². The molecule has 0 spiro atoms. The SMILES string of the molecule is Nc1cccc([C]=O)c1N=Nc1ccccc1. The molecule has 2 aromatic rings. The normalized spacial score (nSPS) is 10.6. The quantitative estimate of drug-likeness (QED) is 0.642. The third-order valence-electron chi connectivity index (χ3n) is 2.20. The Labute approximate surface area is 98.8 Å². The number of anilines is 1. The maximum Gasteiger partial charge on any atom is 0.235 e. The van der Waals surface area contributed by atoms with Crippen LogP contribution in [0.5, 0.6) is 0 Å². The van der Waals surface area contributed by atoms with E-state index in [0.717, 1.165) is 0 Å². The van der Waals surface area contributed by atoms with E-state index in [1.807, 2.05) is 30.3 Å². The first kappa shape index (κ1) is 11.0. The van der Waals surface area contributed by atoms with Crippen molar-refractivity contribution in [2.24, 2.45) is 10.2 Å². The second-order valence-corrected chi connectivity index (χ2v) is 3.38. The lowest BCUT2D eigenvalue weighted by Gasteiger charge is -2.00. The number of nitrogens with zero attached hydrogens (tertiary/aromatic N) is 2. The van der Waals surface area contributed by atoms with E-state index in [2.05, 4.69) is 10.2 Å². The number of nitrogen functional groups attached to an aromatic ring is 1. The maximum absolute atomic E-state index is 10.7. The Balaban J connectivity index is 2.36. The average Bonchev–Trinajstić information content (AvgIpc) is 2.38. The van der Waals surface area contributed by atoms with Gasteiger partial charge in [-0.2, -0.15) is 5.11 Å². The van der Waals surface area contributed by atoms with Crippen LogP contribution in [0.15, 0.2) is 58.8 Å². The van der Waals surface area contributed by atoms with Crippen molar-refractivity contribution in [1.82, 2.24) is 0 Å². The molecule has 0 aromatic heterocycles. The van der Waals surface area contributed by atoms with Crippen LogP contribution in [0.25, 0.3) is 0 Å². The van der Waals surface area contributed by atoms with Crippen LogP contribution in [0, 0.1) is 0 Å². The molecule has 0 aliphatic rings. The molecule has 83 valence electrons. The van der Waals surface area contributed by atoms with Gasteiger partial charge in [0.15, 0.2) is 0 Å². The van der Waals surface area contributed by atoms with Crippen molar-refractivity contribution < 1.29 is 4.79 Å². The molecule has 0 aliphatic carbocycles. The van der Waals surface area contributed by atoms with Crippen molar-refractivity contribution >= 4 is 23.3 Å². The smallest absolute Gasteiger partial charge is 0.235 e. The third kappa shape index (κ3) is 2.55. The number of hydrogen-bond donors (Lipinski definition) is 1. The fraction of sp³-hybridized carbons (Fsp3) is 0. The Hall–Kier alpha value is -2.49. The minimum absolute atomic E-state index is 0.310. The molecule has 4 nitrogen and oxygen atoms in total. The van der Waals surface area contributed by atoms with E-state index in [0.29, 0.717) is 22.6 Å². The fourth-order valence-electron chi connectivity index (χ4n) is 1.36. The number of hydrogen-bond acceptors (Lipinski definition) is 4. The van der Waals surface area contributed by atoms with Crippen LogP contribution in [0.1, 0.15) is 5.56 Å². The molecular weight excluding hydrogens is 214 g/mol. The summed E-state index contributed by atoms with van der Waals surface area (Å²) in [6.45, 7) is 0. The lowest BCUT2D eigenvalue weighted by atomic mass is 10.2. The molecule has 2 N–H and O–H groups in total. The Morgan fingerprint density at radius 3 is 2.41 bits per heavy atom. The Morgan fingerprint density at radius 2 is 1.71 bits per heavy atom. The van der Waals surface area contributed by atoms with Crippen molar-refractivity contribution in [3.05, 3.63) is 54.1 Å². The molecule has 2 rings (SSSR count). The zero-order valence-electron chi connectivity index (χ0n) is 9.00. The van der Waals surface area contributed by atoms with Crippen molar-refractivity contribution in [3.63, 3.8) is 0 Å². The van der Waals surface area contributed by atoms with E-state index >= 15 is 0 Å². The predicted octanol–water partition coefficient (Wildman–Crippen LogP) is 3.14. The highest BCUT2D eigenvalue weighted by molar-refractivity contribution is 5.88. The van der Waals surface area contributed by atoms with Crippen LogP contribution in [0.3, 0.4) is 0 Å². The number of azo groups is 1. The van der Waals surface area contributed by atoms with Crippen LogP contribution in [-0.2, 0) is 4.79 Å². The number of carbonyl (C=O) groups excluding carboxylic acids is 1. The molecule has 4 heteroatoms. The zero-order chi connectivity index (χ0) is 12.1. The second kappa shape index (κ2) is 5.03. The van der Waals surface area contributed by atoms with Crippen LogP contribution in [0.4, 0.5) is 17.1 Å². The second-order valence-electron chi connectivity index (χ2n) is 3.38. The summed E-state index contributed by atoms with van der Waals surface area (Å²) in [5.41, 5.74) is 7.50. The number of rotatable bonds is 3. The molecule has 0 saturated carbocycles. The van der Waals surface area contributed by atoms with Crippen molar-refractivity contribution in [3.8, 4) is 0 Å². The molecule has 1 radical (unpaired) electrons. The molecule has 17 heavy (non-hydrogen) atoms. The summed E-state index contributed by atoms with van der Waals surface area (Å²) in [4.78, 5) is 10.7. The summed E-state index contributed by atoms with van der Waals surface area (Å²) >= 11 is 0. The third-order valence-corrected chi connectivity index (χ3v) is 2.20. The topological polar surface area (TPSA) is 67.8 Å². The highest BCUT2D eigenvalue weighted by atomic mass is 16.1. The van der Waals surface area contributed by atoms with Crippen LogP contribution < -0.4 is 5.73 Å². The molecule has 0 heterocycles. The van der Waals surface area contributed by atoms with Gasteiger partial charge in [-0.15, -0.1) is 5.11 Å². The molecule has 2 aromatic carbocycles. The van der Waals surface area contributed by atoms with E-state index in [4.69, 9.17) is 5.73 Å². The molecule has 0 amide bonds. The van der Waals surface area contributed by atoms with Crippen molar-refractivity contribution in [2.75, 3.05) is 5.73 Å². The van der Waals surface area contributed by atoms with Gasteiger partial charge in [-0.1, -0.05) is 24.3 Å². The van der Waals surface area contributed by atoms with Gasteiger partial charge in [0.1, 0.15) is 5.69 Å². The highest BCUT2D eigenvalue weighted by Crippen LogP contribution is 2.27. The molecule has 0 fully saturated rings. The number of benzene rings is 2. The lowest BCUT2D eigenvalue weighted by molar-refractivity contribution is 0.563. The fourth-order valence-corrected chi connectivity index (χ4v) is 1.36. The molecule has 0 atom stereocenters. The summed E-state index contributed by atoms with van der Waals surface area (Å²) in [6, 6.07) is 14.2. The van der Waals surface area contributed by atoms with Gasteiger partial charge in [0.2, 0.25) is 6.29 Å². The molecule has 0 unspecified atom stereocenters. The molecule has 0 saturated heterocycles. The Kier molecular flexibility index (Phi) is 3.25. The first-order chi connectivity index (χ1) is 8.31. The van der Waals surface area contributed by atoms with Gasteiger partial charge in [-0.3, -0.25) is 4.79 Å². The first-order valence-electron chi connectivity index (χ1n) is 5.04. The average molecular weight is 224 g/mol. The molecule has 0 bridgehead atoms.